The van der Waals surface area contributed by atoms with E-state index in [1.807, 2.05) is 42.5 Å². The molecular formula is C23H26O2. The topological polar surface area (TPSA) is 30.2 Å². The summed E-state index contributed by atoms with van der Waals surface area (Å²) in [5.74, 6) is 0.735. The van der Waals surface area contributed by atoms with Crippen LogP contribution in [0.15, 0.2) is 57.7 Å². The normalized spacial score (nSPS) is 11.1. The Hall–Kier alpha value is -2.35. The first kappa shape index (κ1) is 17.5. The third-order valence-electron chi connectivity index (χ3n) is 4.72. The average molecular weight is 334 g/mol. The molecule has 0 saturated heterocycles. The maximum Gasteiger partial charge on any atom is 0.196 e. The lowest BCUT2D eigenvalue weighted by atomic mass is 9.97. The second-order valence-electron chi connectivity index (χ2n) is 6.60. The van der Waals surface area contributed by atoms with E-state index in [4.69, 9.17) is 4.42 Å². The highest BCUT2D eigenvalue weighted by atomic mass is 16.3. The lowest BCUT2D eigenvalue weighted by Gasteiger charge is -2.12. The summed E-state index contributed by atoms with van der Waals surface area (Å²) in [6, 6.07) is 16.0. The Kier molecular flexibility index (Phi) is 5.70. The maximum atomic E-state index is 13.4. The van der Waals surface area contributed by atoms with Crippen LogP contribution in [-0.2, 0) is 12.8 Å². The van der Waals surface area contributed by atoms with Gasteiger partial charge in [-0.3, -0.25) is 4.79 Å². The van der Waals surface area contributed by atoms with Gasteiger partial charge in [0.25, 0.3) is 0 Å². The molecule has 0 aliphatic carbocycles. The fraction of sp³-hybridized carbons (Fsp3) is 0.348. The van der Waals surface area contributed by atoms with Crippen LogP contribution in [0.25, 0.3) is 22.3 Å². The van der Waals surface area contributed by atoms with Gasteiger partial charge in [0.2, 0.25) is 0 Å². The minimum absolute atomic E-state index is 0.153. The summed E-state index contributed by atoms with van der Waals surface area (Å²) in [6.07, 6.45) is 5.95. The van der Waals surface area contributed by atoms with Gasteiger partial charge in [0.1, 0.15) is 11.3 Å². The Labute approximate surface area is 149 Å². The molecule has 2 aromatic carbocycles. The van der Waals surface area contributed by atoms with Crippen LogP contribution >= 0.6 is 0 Å². The number of rotatable bonds is 7. The predicted octanol–water partition coefficient (Wildman–Crippen LogP) is 6.15. The summed E-state index contributed by atoms with van der Waals surface area (Å²) in [4.78, 5) is 13.4. The van der Waals surface area contributed by atoms with E-state index in [1.165, 1.54) is 0 Å². The molecule has 2 nitrogen and oxygen atoms in total. The van der Waals surface area contributed by atoms with E-state index in [1.54, 1.807) is 0 Å². The molecule has 0 aliphatic heterocycles. The van der Waals surface area contributed by atoms with Gasteiger partial charge in [-0.1, -0.05) is 69.2 Å². The molecule has 0 saturated carbocycles. The van der Waals surface area contributed by atoms with Crippen LogP contribution in [0.2, 0.25) is 0 Å². The minimum Gasteiger partial charge on any atom is -0.456 e. The Morgan fingerprint density at radius 2 is 1.56 bits per heavy atom. The molecular weight excluding hydrogens is 308 g/mol. The molecule has 0 bridgehead atoms. The van der Waals surface area contributed by atoms with Gasteiger partial charge in [-0.25, -0.2) is 0 Å². The molecule has 0 spiro atoms. The average Bonchev–Trinajstić information content (AvgIpc) is 2.66. The highest BCUT2D eigenvalue weighted by Gasteiger charge is 2.17. The van der Waals surface area contributed by atoms with Crippen molar-refractivity contribution in [1.29, 1.82) is 0 Å². The molecule has 0 unspecified atom stereocenters. The largest absolute Gasteiger partial charge is 0.456 e. The Bertz CT molecular complexity index is 891. The molecule has 3 aromatic rings. The van der Waals surface area contributed by atoms with E-state index >= 15 is 0 Å². The van der Waals surface area contributed by atoms with Crippen molar-refractivity contribution in [3.05, 3.63) is 69.9 Å². The number of fused-ring (bicyclic) bond motifs is 1. The second-order valence-corrected chi connectivity index (χ2v) is 6.60. The fourth-order valence-corrected chi connectivity index (χ4v) is 3.32. The van der Waals surface area contributed by atoms with Gasteiger partial charge in [0, 0.05) is 11.1 Å². The zero-order chi connectivity index (χ0) is 17.6. The van der Waals surface area contributed by atoms with Crippen molar-refractivity contribution < 1.29 is 4.42 Å². The van der Waals surface area contributed by atoms with E-state index < -0.39 is 0 Å². The zero-order valence-electron chi connectivity index (χ0n) is 15.2. The van der Waals surface area contributed by atoms with Crippen LogP contribution in [0.3, 0.4) is 0 Å². The summed E-state index contributed by atoms with van der Waals surface area (Å²) < 4.78 is 6.28. The number of hydrogen-bond acceptors (Lipinski definition) is 2. The monoisotopic (exact) mass is 334 g/mol. The summed E-state index contributed by atoms with van der Waals surface area (Å²) in [7, 11) is 0. The summed E-state index contributed by atoms with van der Waals surface area (Å²) in [5.41, 5.74) is 3.78. The summed E-state index contributed by atoms with van der Waals surface area (Å²) >= 11 is 0. The molecule has 1 heterocycles. The molecule has 0 atom stereocenters. The quantitative estimate of drug-likeness (QED) is 0.519. The number of hydrogen-bond donors (Lipinski definition) is 0. The van der Waals surface area contributed by atoms with Gasteiger partial charge in [0.15, 0.2) is 5.43 Å². The third-order valence-corrected chi connectivity index (χ3v) is 4.72. The third kappa shape index (κ3) is 3.68. The molecule has 0 N–H and O–H groups in total. The molecule has 0 radical (unpaired) electrons. The first-order valence-electron chi connectivity index (χ1n) is 9.39. The van der Waals surface area contributed by atoms with E-state index in [-0.39, 0.29) is 5.43 Å². The molecule has 130 valence electrons. The smallest absolute Gasteiger partial charge is 0.196 e. The molecule has 25 heavy (non-hydrogen) atoms. The molecule has 3 rings (SSSR count). The van der Waals surface area contributed by atoms with Gasteiger partial charge >= 0.3 is 0 Å². The first-order valence-corrected chi connectivity index (χ1v) is 9.39. The minimum atomic E-state index is 0.153. The van der Waals surface area contributed by atoms with Crippen molar-refractivity contribution in [2.45, 2.75) is 52.4 Å². The summed E-state index contributed by atoms with van der Waals surface area (Å²) in [6.45, 7) is 4.32. The van der Waals surface area contributed by atoms with Crippen molar-refractivity contribution in [3.8, 4) is 11.3 Å². The number of aryl methyl sites for hydroxylation is 1. The van der Waals surface area contributed by atoms with Gasteiger partial charge in [-0.05, 0) is 37.3 Å². The lowest BCUT2D eigenvalue weighted by Crippen LogP contribution is -2.13. The second kappa shape index (κ2) is 8.15. The highest BCUT2D eigenvalue weighted by Crippen LogP contribution is 2.28. The molecule has 0 amide bonds. The molecule has 1 aromatic heterocycles. The SMILES string of the molecule is CCCCc1c(-c2ccccc2)oc2cccc(CCCC)c2c1=O. The first-order chi connectivity index (χ1) is 12.3. The predicted molar refractivity (Wildman–Crippen MR) is 105 cm³/mol. The number of unbranched alkanes of at least 4 members (excludes halogenated alkanes) is 2. The van der Waals surface area contributed by atoms with Gasteiger partial charge in [-0.15, -0.1) is 0 Å². The van der Waals surface area contributed by atoms with Crippen molar-refractivity contribution in [1.82, 2.24) is 0 Å². The van der Waals surface area contributed by atoms with Crippen molar-refractivity contribution in [2.24, 2.45) is 0 Å². The van der Waals surface area contributed by atoms with E-state index in [9.17, 15) is 4.79 Å². The van der Waals surface area contributed by atoms with Crippen molar-refractivity contribution in [3.63, 3.8) is 0 Å². The zero-order valence-corrected chi connectivity index (χ0v) is 15.2. The van der Waals surface area contributed by atoms with Crippen LogP contribution in [0.5, 0.6) is 0 Å². The Morgan fingerprint density at radius 3 is 2.28 bits per heavy atom. The van der Waals surface area contributed by atoms with E-state index in [2.05, 4.69) is 19.9 Å². The molecule has 0 aliphatic rings. The standard InChI is InChI=1S/C23H26O2/c1-3-5-11-17-14-10-16-20-21(17)22(24)19(15-6-4-2)23(25-20)18-12-8-7-9-13-18/h7-10,12-14,16H,3-6,11,15H2,1-2H3. The Balaban J connectivity index is 2.24. The molecule has 2 heteroatoms. The Morgan fingerprint density at radius 1 is 0.840 bits per heavy atom. The van der Waals surface area contributed by atoms with Gasteiger partial charge < -0.3 is 4.42 Å². The van der Waals surface area contributed by atoms with Crippen LogP contribution < -0.4 is 5.43 Å². The van der Waals surface area contributed by atoms with Gasteiger partial charge in [0.05, 0.1) is 5.39 Å². The molecule has 0 fully saturated rings. The van der Waals surface area contributed by atoms with Crippen LogP contribution in [0, 0.1) is 0 Å². The van der Waals surface area contributed by atoms with Crippen LogP contribution in [0.1, 0.15) is 50.7 Å². The van der Waals surface area contributed by atoms with Crippen molar-refractivity contribution in [2.75, 3.05) is 0 Å². The van der Waals surface area contributed by atoms with Crippen LogP contribution in [-0.4, -0.2) is 0 Å². The van der Waals surface area contributed by atoms with Crippen LogP contribution in [0.4, 0.5) is 0 Å². The summed E-state index contributed by atoms with van der Waals surface area (Å²) in [5, 5.41) is 0.779. The van der Waals surface area contributed by atoms with Gasteiger partial charge in [-0.2, -0.15) is 0 Å². The van der Waals surface area contributed by atoms with Crippen molar-refractivity contribution >= 4 is 11.0 Å². The lowest BCUT2D eigenvalue weighted by molar-refractivity contribution is 0.605. The number of benzene rings is 2. The highest BCUT2D eigenvalue weighted by molar-refractivity contribution is 5.83. The van der Waals surface area contributed by atoms with E-state index in [0.717, 1.165) is 66.4 Å². The fourth-order valence-electron chi connectivity index (χ4n) is 3.32. The van der Waals surface area contributed by atoms with E-state index in [0.29, 0.717) is 5.58 Å². The maximum absolute atomic E-state index is 13.4.